The van der Waals surface area contributed by atoms with Crippen LogP contribution in [-0.2, 0) is 14.1 Å². The molecule has 2 N–H and O–H groups in total. The average molecular weight is 333 g/mol. The van der Waals surface area contributed by atoms with E-state index in [-0.39, 0.29) is 28.8 Å². The topological polar surface area (TPSA) is 87.7 Å². The zero-order valence-corrected chi connectivity index (χ0v) is 14.6. The summed E-state index contributed by atoms with van der Waals surface area (Å²) in [7, 11) is 4.86. The zero-order chi connectivity index (χ0) is 18.2. The maximum atomic E-state index is 12.6. The smallest absolute Gasteiger partial charge is 0.330 e. The summed E-state index contributed by atoms with van der Waals surface area (Å²) >= 11 is 0. The Hall–Kier alpha value is -2.70. The van der Waals surface area contributed by atoms with Crippen molar-refractivity contribution in [2.24, 2.45) is 14.1 Å². The standard InChI is InChI=1S/C17H23N3O4/c1-6-12(11-7-8-13(21)14(22)9-11)19(4)15-10(2)18(3)17(24)20(5)16(15)23/h7-9,12,21-22H,6H2,1-5H3. The molecule has 0 fully saturated rings. The molecule has 0 saturated heterocycles. The number of benzene rings is 1. The third-order valence-corrected chi connectivity index (χ3v) is 4.52. The molecule has 0 amide bonds. The van der Waals surface area contributed by atoms with Gasteiger partial charge in [-0.3, -0.25) is 13.9 Å². The Morgan fingerprint density at radius 1 is 1.12 bits per heavy atom. The summed E-state index contributed by atoms with van der Waals surface area (Å²) < 4.78 is 2.52. The van der Waals surface area contributed by atoms with E-state index < -0.39 is 0 Å². The van der Waals surface area contributed by atoms with E-state index in [1.165, 1.54) is 23.7 Å². The number of hydrogen-bond acceptors (Lipinski definition) is 5. The molecule has 0 aliphatic carbocycles. The molecule has 1 unspecified atom stereocenters. The molecule has 2 rings (SSSR count). The quantitative estimate of drug-likeness (QED) is 0.826. The summed E-state index contributed by atoms with van der Waals surface area (Å²) in [5.41, 5.74) is 1.04. The average Bonchev–Trinajstić information content (AvgIpc) is 2.55. The summed E-state index contributed by atoms with van der Waals surface area (Å²) in [5.74, 6) is -0.394. The number of anilines is 1. The van der Waals surface area contributed by atoms with Crippen molar-refractivity contribution >= 4 is 5.69 Å². The second-order valence-electron chi connectivity index (χ2n) is 5.92. The van der Waals surface area contributed by atoms with Gasteiger partial charge >= 0.3 is 5.69 Å². The van der Waals surface area contributed by atoms with Gasteiger partial charge in [0.25, 0.3) is 5.56 Å². The van der Waals surface area contributed by atoms with E-state index >= 15 is 0 Å². The summed E-state index contributed by atoms with van der Waals surface area (Å²) in [5, 5.41) is 19.2. The molecule has 0 bridgehead atoms. The highest BCUT2D eigenvalue weighted by Gasteiger charge is 2.23. The Bertz CT molecular complexity index is 883. The fraction of sp³-hybridized carbons (Fsp3) is 0.412. The minimum Gasteiger partial charge on any atom is -0.504 e. The SMILES string of the molecule is CCC(c1ccc(O)c(O)c1)N(C)c1c(C)n(C)c(=O)n(C)c1=O. The molecule has 0 spiro atoms. The van der Waals surface area contributed by atoms with Gasteiger partial charge in [-0.05, 0) is 31.0 Å². The van der Waals surface area contributed by atoms with Crippen LogP contribution in [0, 0.1) is 6.92 Å². The van der Waals surface area contributed by atoms with Crippen LogP contribution in [0.15, 0.2) is 27.8 Å². The van der Waals surface area contributed by atoms with Crippen LogP contribution in [0.5, 0.6) is 11.5 Å². The Balaban J connectivity index is 2.61. The van der Waals surface area contributed by atoms with Gasteiger partial charge in [0.15, 0.2) is 11.5 Å². The second kappa shape index (κ2) is 6.43. The first-order valence-corrected chi connectivity index (χ1v) is 7.72. The lowest BCUT2D eigenvalue weighted by atomic mass is 10.0. The van der Waals surface area contributed by atoms with Gasteiger partial charge in [0.1, 0.15) is 5.69 Å². The molecule has 0 radical (unpaired) electrons. The van der Waals surface area contributed by atoms with Gasteiger partial charge in [0.05, 0.1) is 6.04 Å². The second-order valence-corrected chi connectivity index (χ2v) is 5.92. The Morgan fingerprint density at radius 3 is 2.29 bits per heavy atom. The summed E-state index contributed by atoms with van der Waals surface area (Å²) in [4.78, 5) is 26.4. The number of hydrogen-bond donors (Lipinski definition) is 2. The van der Waals surface area contributed by atoms with Crippen molar-refractivity contribution in [1.29, 1.82) is 0 Å². The van der Waals surface area contributed by atoms with Gasteiger partial charge in [-0.25, -0.2) is 4.79 Å². The van der Waals surface area contributed by atoms with Crippen molar-refractivity contribution < 1.29 is 10.2 Å². The van der Waals surface area contributed by atoms with Crippen LogP contribution in [-0.4, -0.2) is 26.4 Å². The van der Waals surface area contributed by atoms with Crippen LogP contribution in [0.25, 0.3) is 0 Å². The fourth-order valence-electron chi connectivity index (χ4n) is 2.97. The molecule has 0 saturated carbocycles. The lowest BCUT2D eigenvalue weighted by molar-refractivity contribution is 0.402. The van der Waals surface area contributed by atoms with Crippen molar-refractivity contribution in [3.63, 3.8) is 0 Å². The first kappa shape index (κ1) is 17.7. The van der Waals surface area contributed by atoms with Gasteiger partial charge < -0.3 is 15.1 Å². The molecular formula is C17H23N3O4. The minimum absolute atomic E-state index is 0.189. The molecule has 0 aliphatic rings. The van der Waals surface area contributed by atoms with Crippen LogP contribution >= 0.6 is 0 Å². The predicted molar refractivity (Wildman–Crippen MR) is 92.9 cm³/mol. The number of aromatic hydroxyl groups is 2. The molecule has 1 heterocycles. The maximum absolute atomic E-state index is 12.6. The largest absolute Gasteiger partial charge is 0.504 e. The van der Waals surface area contributed by atoms with Crippen LogP contribution in [0.2, 0.25) is 0 Å². The van der Waals surface area contributed by atoms with Gasteiger partial charge in [-0.15, -0.1) is 0 Å². The van der Waals surface area contributed by atoms with E-state index in [0.29, 0.717) is 17.8 Å². The highest BCUT2D eigenvalue weighted by molar-refractivity contribution is 5.52. The highest BCUT2D eigenvalue weighted by atomic mass is 16.3. The van der Waals surface area contributed by atoms with Crippen LogP contribution in [0.4, 0.5) is 5.69 Å². The molecule has 1 aromatic heterocycles. The van der Waals surface area contributed by atoms with Crippen molar-refractivity contribution in [1.82, 2.24) is 9.13 Å². The predicted octanol–water partition coefficient (Wildman–Crippen LogP) is 1.39. The third kappa shape index (κ3) is 2.77. The maximum Gasteiger partial charge on any atom is 0.330 e. The molecular weight excluding hydrogens is 310 g/mol. The van der Waals surface area contributed by atoms with Gasteiger partial charge in [-0.1, -0.05) is 13.0 Å². The Morgan fingerprint density at radius 2 is 1.75 bits per heavy atom. The molecule has 1 aromatic carbocycles. The lowest BCUT2D eigenvalue weighted by Crippen LogP contribution is -2.42. The Labute approximate surface area is 140 Å². The van der Waals surface area contributed by atoms with Crippen LogP contribution < -0.4 is 16.1 Å². The monoisotopic (exact) mass is 333 g/mol. The number of phenols is 2. The first-order chi connectivity index (χ1) is 11.2. The van der Waals surface area contributed by atoms with Gasteiger partial charge in [-0.2, -0.15) is 0 Å². The summed E-state index contributed by atoms with van der Waals surface area (Å²) in [6.45, 7) is 3.70. The van der Waals surface area contributed by atoms with E-state index in [4.69, 9.17) is 0 Å². The molecule has 0 aliphatic heterocycles. The molecule has 130 valence electrons. The molecule has 24 heavy (non-hydrogen) atoms. The number of aromatic nitrogens is 2. The van der Waals surface area contributed by atoms with Crippen LogP contribution in [0.1, 0.15) is 30.6 Å². The molecule has 7 nitrogen and oxygen atoms in total. The molecule has 7 heteroatoms. The van der Waals surface area contributed by atoms with E-state index in [1.807, 2.05) is 11.8 Å². The number of rotatable bonds is 4. The summed E-state index contributed by atoms with van der Waals surface area (Å²) in [6, 6.07) is 4.43. The molecule has 2 aromatic rings. The molecule has 1 atom stereocenters. The lowest BCUT2D eigenvalue weighted by Gasteiger charge is -2.31. The summed E-state index contributed by atoms with van der Waals surface area (Å²) in [6.07, 6.45) is 0.673. The van der Waals surface area contributed by atoms with Gasteiger partial charge in [0, 0.05) is 26.8 Å². The van der Waals surface area contributed by atoms with Crippen LogP contribution in [0.3, 0.4) is 0 Å². The number of nitrogens with zero attached hydrogens (tertiary/aromatic N) is 3. The van der Waals surface area contributed by atoms with Crippen molar-refractivity contribution in [3.8, 4) is 11.5 Å². The van der Waals surface area contributed by atoms with E-state index in [2.05, 4.69) is 0 Å². The number of phenolic OH excluding ortho intramolecular Hbond substituents is 2. The highest BCUT2D eigenvalue weighted by Crippen LogP contribution is 2.33. The Kier molecular flexibility index (Phi) is 4.73. The van der Waals surface area contributed by atoms with Crippen molar-refractivity contribution in [3.05, 3.63) is 50.3 Å². The van der Waals surface area contributed by atoms with Crippen molar-refractivity contribution in [2.45, 2.75) is 26.3 Å². The zero-order valence-electron chi connectivity index (χ0n) is 14.6. The minimum atomic E-state index is -0.370. The fourth-order valence-corrected chi connectivity index (χ4v) is 2.97. The first-order valence-electron chi connectivity index (χ1n) is 7.72. The van der Waals surface area contributed by atoms with E-state index in [9.17, 15) is 19.8 Å². The van der Waals surface area contributed by atoms with Gasteiger partial charge in [0.2, 0.25) is 0 Å². The normalized spacial score (nSPS) is 12.2. The van der Waals surface area contributed by atoms with E-state index in [0.717, 1.165) is 10.1 Å². The van der Waals surface area contributed by atoms with E-state index in [1.54, 1.807) is 27.1 Å². The third-order valence-electron chi connectivity index (χ3n) is 4.52. The van der Waals surface area contributed by atoms with Crippen molar-refractivity contribution in [2.75, 3.05) is 11.9 Å².